The summed E-state index contributed by atoms with van der Waals surface area (Å²) < 4.78 is 0. The van der Waals surface area contributed by atoms with Gasteiger partial charge in [-0.2, -0.15) is 0 Å². The van der Waals surface area contributed by atoms with Crippen LogP contribution in [0.1, 0.15) is 21.6 Å². The molecular formula is C21H25N3O2. The number of amides is 1. The minimum atomic E-state index is -0.213. The number of hydrogen-bond acceptors (Lipinski definition) is 4. The van der Waals surface area contributed by atoms with E-state index in [0.29, 0.717) is 19.0 Å². The number of aromatic nitrogens is 1. The van der Waals surface area contributed by atoms with E-state index in [2.05, 4.69) is 22.0 Å². The van der Waals surface area contributed by atoms with Crippen LogP contribution >= 0.6 is 0 Å². The molecule has 5 heteroatoms. The predicted molar refractivity (Wildman–Crippen MR) is 99.6 cm³/mol. The van der Waals surface area contributed by atoms with Crippen molar-refractivity contribution < 1.29 is 9.90 Å². The van der Waals surface area contributed by atoms with Crippen LogP contribution in [0.4, 0.5) is 0 Å². The number of aliphatic hydroxyl groups excluding tert-OH is 1. The van der Waals surface area contributed by atoms with Crippen molar-refractivity contribution in [3.05, 3.63) is 65.5 Å². The lowest BCUT2D eigenvalue weighted by Gasteiger charge is -2.27. The topological polar surface area (TPSA) is 56.7 Å². The third-order valence-corrected chi connectivity index (χ3v) is 5.81. The molecule has 0 radical (unpaired) electrons. The van der Waals surface area contributed by atoms with Crippen LogP contribution in [0.5, 0.6) is 0 Å². The summed E-state index contributed by atoms with van der Waals surface area (Å²) in [5, 5.41) is 10.1. The Labute approximate surface area is 154 Å². The predicted octanol–water partition coefficient (Wildman–Crippen LogP) is 1.96. The molecule has 0 spiro atoms. The minimum Gasteiger partial charge on any atom is -0.396 e. The second-order valence-electron chi connectivity index (χ2n) is 7.77. The molecule has 26 heavy (non-hydrogen) atoms. The molecule has 1 aromatic carbocycles. The van der Waals surface area contributed by atoms with E-state index < -0.39 is 0 Å². The van der Waals surface area contributed by atoms with Gasteiger partial charge in [0.1, 0.15) is 0 Å². The normalized spacial score (nSPS) is 25.5. The lowest BCUT2D eigenvalue weighted by atomic mass is 9.82. The zero-order valence-electron chi connectivity index (χ0n) is 15.1. The Kier molecular flexibility index (Phi) is 4.51. The Balaban J connectivity index is 1.44. The average Bonchev–Trinajstić information content (AvgIpc) is 3.18. The van der Waals surface area contributed by atoms with E-state index in [9.17, 15) is 9.90 Å². The van der Waals surface area contributed by atoms with Crippen LogP contribution in [-0.4, -0.2) is 58.6 Å². The number of nitrogens with zero attached hydrogens (tertiary/aromatic N) is 3. The van der Waals surface area contributed by atoms with Gasteiger partial charge in [-0.05, 0) is 36.6 Å². The number of aliphatic hydroxyl groups is 1. The number of pyridine rings is 1. The number of aryl methyl sites for hydroxylation is 1. The van der Waals surface area contributed by atoms with Gasteiger partial charge in [0, 0.05) is 49.9 Å². The number of carbonyl (C=O) groups is 1. The van der Waals surface area contributed by atoms with Gasteiger partial charge in [-0.15, -0.1) is 0 Å². The number of likely N-dealkylation sites (tertiary alicyclic amines) is 2. The van der Waals surface area contributed by atoms with Crippen LogP contribution in [0, 0.1) is 18.3 Å². The minimum absolute atomic E-state index is 0.0691. The fourth-order valence-electron chi connectivity index (χ4n) is 4.37. The number of hydrogen-bond donors (Lipinski definition) is 1. The third-order valence-electron chi connectivity index (χ3n) is 5.81. The van der Waals surface area contributed by atoms with Crippen LogP contribution in [0.2, 0.25) is 0 Å². The van der Waals surface area contributed by atoms with Gasteiger partial charge in [0.05, 0.1) is 12.3 Å². The molecule has 2 aliphatic heterocycles. The summed E-state index contributed by atoms with van der Waals surface area (Å²) in [6.07, 6.45) is 1.90. The highest BCUT2D eigenvalue weighted by Gasteiger charge is 2.53. The summed E-state index contributed by atoms with van der Waals surface area (Å²) in [6, 6.07) is 13.6. The number of carbonyl (C=O) groups excluding carboxylic acids is 1. The molecule has 4 rings (SSSR count). The van der Waals surface area contributed by atoms with E-state index in [0.717, 1.165) is 36.5 Å². The monoisotopic (exact) mass is 351 g/mol. The fraction of sp³-hybridized carbons (Fsp3) is 0.429. The Morgan fingerprint density at radius 3 is 2.65 bits per heavy atom. The molecule has 2 aliphatic rings. The van der Waals surface area contributed by atoms with Crippen LogP contribution in [-0.2, 0) is 6.54 Å². The maximum absolute atomic E-state index is 12.8. The van der Waals surface area contributed by atoms with E-state index in [-0.39, 0.29) is 17.9 Å². The molecule has 5 nitrogen and oxygen atoms in total. The van der Waals surface area contributed by atoms with Crippen molar-refractivity contribution in [2.24, 2.45) is 11.3 Å². The summed E-state index contributed by atoms with van der Waals surface area (Å²) in [5.74, 6) is 0.380. The molecule has 136 valence electrons. The number of fused-ring (bicyclic) bond motifs is 1. The first kappa shape index (κ1) is 17.2. The summed E-state index contributed by atoms with van der Waals surface area (Å²) in [4.78, 5) is 21.5. The summed E-state index contributed by atoms with van der Waals surface area (Å²) in [7, 11) is 0. The zero-order chi connectivity index (χ0) is 18.1. The van der Waals surface area contributed by atoms with Gasteiger partial charge in [0.15, 0.2) is 0 Å². The Morgan fingerprint density at radius 1 is 1.19 bits per heavy atom. The van der Waals surface area contributed by atoms with Crippen molar-refractivity contribution in [3.8, 4) is 0 Å². The van der Waals surface area contributed by atoms with Crippen LogP contribution in [0.3, 0.4) is 0 Å². The van der Waals surface area contributed by atoms with Crippen molar-refractivity contribution in [2.75, 3.05) is 32.8 Å². The van der Waals surface area contributed by atoms with Crippen LogP contribution in [0.25, 0.3) is 0 Å². The second-order valence-corrected chi connectivity index (χ2v) is 7.77. The van der Waals surface area contributed by atoms with Gasteiger partial charge in [0.25, 0.3) is 5.91 Å². The van der Waals surface area contributed by atoms with Gasteiger partial charge in [-0.3, -0.25) is 14.7 Å². The zero-order valence-corrected chi connectivity index (χ0v) is 15.1. The molecule has 2 fully saturated rings. The molecular weight excluding hydrogens is 326 g/mol. The molecule has 0 unspecified atom stereocenters. The van der Waals surface area contributed by atoms with E-state index >= 15 is 0 Å². The summed E-state index contributed by atoms with van der Waals surface area (Å²) in [5.41, 5.74) is 2.73. The quantitative estimate of drug-likeness (QED) is 0.915. The van der Waals surface area contributed by atoms with Gasteiger partial charge in [-0.25, -0.2) is 0 Å². The Hall–Kier alpha value is -2.24. The Bertz CT molecular complexity index is 778. The van der Waals surface area contributed by atoms with Crippen molar-refractivity contribution >= 4 is 5.91 Å². The first-order valence-electron chi connectivity index (χ1n) is 9.19. The summed E-state index contributed by atoms with van der Waals surface area (Å²) in [6.45, 7) is 6.00. The SMILES string of the molecule is Cc1ccc(CN2C[C@H]3CN(C(=O)c4ccccc4)C[C@@]3(CO)C2)nc1. The summed E-state index contributed by atoms with van der Waals surface area (Å²) >= 11 is 0. The van der Waals surface area contributed by atoms with E-state index in [1.165, 1.54) is 0 Å². The molecule has 3 heterocycles. The molecule has 2 saturated heterocycles. The molecule has 2 aromatic rings. The largest absolute Gasteiger partial charge is 0.396 e. The standard InChI is InChI=1S/C21H25N3O2/c1-16-7-8-19(22-9-16)12-23-10-18-11-24(14-21(18,13-23)15-25)20(26)17-5-3-2-4-6-17/h2-9,18,25H,10-15H2,1H3/t18-,21+/m0/s1. The van der Waals surface area contributed by atoms with Gasteiger partial charge < -0.3 is 10.0 Å². The molecule has 1 N–H and O–H groups in total. The average molecular weight is 351 g/mol. The molecule has 0 saturated carbocycles. The maximum atomic E-state index is 12.8. The lowest BCUT2D eigenvalue weighted by molar-refractivity contribution is 0.0718. The number of rotatable bonds is 4. The van der Waals surface area contributed by atoms with Gasteiger partial charge in [0.2, 0.25) is 0 Å². The highest BCUT2D eigenvalue weighted by atomic mass is 16.3. The van der Waals surface area contributed by atoms with Gasteiger partial charge in [-0.1, -0.05) is 24.3 Å². The third kappa shape index (κ3) is 3.13. The Morgan fingerprint density at radius 2 is 2.00 bits per heavy atom. The lowest BCUT2D eigenvalue weighted by Crippen LogP contribution is -2.38. The second kappa shape index (κ2) is 6.82. The molecule has 1 aromatic heterocycles. The van der Waals surface area contributed by atoms with E-state index in [4.69, 9.17) is 0 Å². The molecule has 1 amide bonds. The highest BCUT2D eigenvalue weighted by molar-refractivity contribution is 5.94. The van der Waals surface area contributed by atoms with Crippen molar-refractivity contribution in [1.29, 1.82) is 0 Å². The van der Waals surface area contributed by atoms with Crippen molar-refractivity contribution in [2.45, 2.75) is 13.5 Å². The highest BCUT2D eigenvalue weighted by Crippen LogP contribution is 2.42. The van der Waals surface area contributed by atoms with Crippen molar-refractivity contribution in [1.82, 2.24) is 14.8 Å². The van der Waals surface area contributed by atoms with Crippen molar-refractivity contribution in [3.63, 3.8) is 0 Å². The van der Waals surface area contributed by atoms with E-state index in [1.807, 2.05) is 48.4 Å². The molecule has 0 aliphatic carbocycles. The van der Waals surface area contributed by atoms with Crippen LogP contribution < -0.4 is 0 Å². The molecule has 0 bridgehead atoms. The van der Waals surface area contributed by atoms with E-state index in [1.54, 1.807) is 0 Å². The first-order chi connectivity index (χ1) is 12.6. The fourth-order valence-corrected chi connectivity index (χ4v) is 4.37. The van der Waals surface area contributed by atoms with Crippen LogP contribution in [0.15, 0.2) is 48.7 Å². The molecule has 2 atom stereocenters. The number of benzene rings is 1. The smallest absolute Gasteiger partial charge is 0.253 e. The van der Waals surface area contributed by atoms with Gasteiger partial charge >= 0.3 is 0 Å². The maximum Gasteiger partial charge on any atom is 0.253 e. The first-order valence-corrected chi connectivity index (χ1v) is 9.19.